The van der Waals surface area contributed by atoms with Crippen molar-refractivity contribution < 1.29 is 14.3 Å². The zero-order valence-electron chi connectivity index (χ0n) is 14.6. The van der Waals surface area contributed by atoms with Crippen LogP contribution in [0.25, 0.3) is 0 Å². The number of halogens is 3. The maximum Gasteiger partial charge on any atom is 0.344 e. The van der Waals surface area contributed by atoms with Crippen molar-refractivity contribution in [2.75, 3.05) is 0 Å². The number of carbonyl (C=O) groups excluding carboxylic acids is 2. The van der Waals surface area contributed by atoms with Crippen molar-refractivity contribution in [2.24, 2.45) is 5.10 Å². The number of nitrogens with one attached hydrogen (secondary N) is 1. The molecule has 29 heavy (non-hydrogen) atoms. The van der Waals surface area contributed by atoms with Gasteiger partial charge in [0.2, 0.25) is 0 Å². The van der Waals surface area contributed by atoms with Crippen LogP contribution in [0.4, 0.5) is 0 Å². The van der Waals surface area contributed by atoms with E-state index in [0.29, 0.717) is 25.6 Å². The summed E-state index contributed by atoms with van der Waals surface area (Å²) in [5.74, 6) is -0.668. The van der Waals surface area contributed by atoms with E-state index >= 15 is 0 Å². The van der Waals surface area contributed by atoms with Gasteiger partial charge in [-0.2, -0.15) is 5.10 Å². The maximum absolute atomic E-state index is 12.6. The van der Waals surface area contributed by atoms with Crippen molar-refractivity contribution >= 4 is 65.9 Å². The van der Waals surface area contributed by atoms with E-state index in [1.54, 1.807) is 54.7 Å². The van der Waals surface area contributed by atoms with Gasteiger partial charge in [0, 0.05) is 26.9 Å². The van der Waals surface area contributed by atoms with Crippen LogP contribution in [0.1, 0.15) is 26.3 Å². The first kappa shape index (κ1) is 21.4. The lowest BCUT2D eigenvalue weighted by Gasteiger charge is -2.11. The van der Waals surface area contributed by atoms with E-state index in [4.69, 9.17) is 4.74 Å². The molecular weight excluding hydrogens is 570 g/mol. The number of ether oxygens (including phenoxy) is 1. The molecule has 0 bridgehead atoms. The van der Waals surface area contributed by atoms with Gasteiger partial charge in [-0.1, -0.05) is 28.1 Å². The molecule has 3 rings (SSSR count). The fourth-order valence-electron chi connectivity index (χ4n) is 2.28. The highest BCUT2D eigenvalue weighted by atomic mass is 79.9. The minimum Gasteiger partial charge on any atom is -0.421 e. The minimum atomic E-state index is -0.533. The van der Waals surface area contributed by atoms with Gasteiger partial charge in [0.25, 0.3) is 5.91 Å². The Labute approximate surface area is 191 Å². The van der Waals surface area contributed by atoms with Crippen LogP contribution < -0.4 is 10.2 Å². The van der Waals surface area contributed by atoms with Crippen molar-refractivity contribution in [1.82, 2.24) is 10.4 Å². The van der Waals surface area contributed by atoms with Crippen LogP contribution in [0.5, 0.6) is 5.75 Å². The Kier molecular flexibility index (Phi) is 7.29. The Morgan fingerprint density at radius 3 is 2.55 bits per heavy atom. The molecule has 3 aromatic rings. The van der Waals surface area contributed by atoms with E-state index in [9.17, 15) is 9.59 Å². The molecule has 2 aromatic carbocycles. The normalized spacial score (nSPS) is 10.7. The summed E-state index contributed by atoms with van der Waals surface area (Å²) in [7, 11) is 0. The van der Waals surface area contributed by atoms with Gasteiger partial charge in [-0.15, -0.1) is 0 Å². The number of pyridine rings is 1. The highest BCUT2D eigenvalue weighted by Crippen LogP contribution is 2.33. The Morgan fingerprint density at radius 2 is 1.83 bits per heavy atom. The van der Waals surface area contributed by atoms with E-state index in [1.165, 1.54) is 12.4 Å². The van der Waals surface area contributed by atoms with Gasteiger partial charge in [-0.05, 0) is 68.3 Å². The first-order valence-corrected chi connectivity index (χ1v) is 10.5. The van der Waals surface area contributed by atoms with Gasteiger partial charge in [0.15, 0.2) is 5.75 Å². The first-order valence-electron chi connectivity index (χ1n) is 8.15. The number of amides is 1. The van der Waals surface area contributed by atoms with Gasteiger partial charge >= 0.3 is 5.97 Å². The van der Waals surface area contributed by atoms with Gasteiger partial charge in [0.1, 0.15) is 0 Å². The van der Waals surface area contributed by atoms with E-state index in [1.807, 2.05) is 0 Å². The molecule has 0 unspecified atom stereocenters. The van der Waals surface area contributed by atoms with E-state index < -0.39 is 11.9 Å². The van der Waals surface area contributed by atoms with Crippen molar-refractivity contribution in [3.05, 3.63) is 91.0 Å². The zero-order valence-corrected chi connectivity index (χ0v) is 19.4. The Balaban J connectivity index is 1.83. The average molecular weight is 582 g/mol. The number of esters is 1. The van der Waals surface area contributed by atoms with Crippen LogP contribution in [-0.4, -0.2) is 23.1 Å². The lowest BCUT2D eigenvalue weighted by molar-refractivity contribution is 0.0732. The first-order chi connectivity index (χ1) is 14.0. The molecule has 0 fully saturated rings. The molecule has 0 aliphatic rings. The summed E-state index contributed by atoms with van der Waals surface area (Å²) in [5, 5.41) is 3.96. The molecule has 0 saturated heterocycles. The van der Waals surface area contributed by atoms with Crippen molar-refractivity contribution in [2.45, 2.75) is 0 Å². The van der Waals surface area contributed by atoms with Crippen LogP contribution in [0.15, 0.2) is 79.4 Å². The molecule has 1 aromatic heterocycles. The molecule has 6 nitrogen and oxygen atoms in total. The number of hydrogen-bond acceptors (Lipinski definition) is 5. The highest BCUT2D eigenvalue weighted by molar-refractivity contribution is 9.11. The second kappa shape index (κ2) is 9.91. The number of hydrogen-bond donors (Lipinski definition) is 1. The summed E-state index contributed by atoms with van der Waals surface area (Å²) in [5.41, 5.74) is 3.66. The monoisotopic (exact) mass is 579 g/mol. The molecular formula is C20H12Br3N3O3. The molecule has 0 radical (unpaired) electrons. The molecule has 0 atom stereocenters. The zero-order chi connectivity index (χ0) is 20.8. The summed E-state index contributed by atoms with van der Waals surface area (Å²) in [6.07, 6.45) is 4.41. The Morgan fingerprint density at radius 1 is 1.03 bits per heavy atom. The predicted octanol–water partition coefficient (Wildman–Crippen LogP) is 5.35. The van der Waals surface area contributed by atoms with Crippen LogP contribution in [-0.2, 0) is 0 Å². The van der Waals surface area contributed by atoms with Gasteiger partial charge in [0.05, 0.1) is 21.8 Å². The number of carbonyl (C=O) groups is 2. The number of aromatic nitrogens is 1. The Hall–Kier alpha value is -2.36. The average Bonchev–Trinajstić information content (AvgIpc) is 2.71. The van der Waals surface area contributed by atoms with Crippen molar-refractivity contribution in [3.63, 3.8) is 0 Å². The summed E-state index contributed by atoms with van der Waals surface area (Å²) in [6.45, 7) is 0. The largest absolute Gasteiger partial charge is 0.421 e. The maximum atomic E-state index is 12.6. The third-order valence-corrected chi connectivity index (χ3v) is 5.36. The van der Waals surface area contributed by atoms with Crippen molar-refractivity contribution in [3.8, 4) is 5.75 Å². The SMILES string of the molecule is O=C(N/N=C/c1cc(Br)cc(Br)c1OC(=O)c1ccccc1Br)c1cccnc1. The summed E-state index contributed by atoms with van der Waals surface area (Å²) >= 11 is 10.1. The van der Waals surface area contributed by atoms with Crippen molar-refractivity contribution in [1.29, 1.82) is 0 Å². The number of rotatable bonds is 5. The highest BCUT2D eigenvalue weighted by Gasteiger charge is 2.17. The van der Waals surface area contributed by atoms with E-state index in [2.05, 4.69) is 63.3 Å². The number of hydrazone groups is 1. The summed E-state index contributed by atoms with van der Waals surface area (Å²) < 4.78 is 7.50. The van der Waals surface area contributed by atoms with E-state index in [-0.39, 0.29) is 5.75 Å². The van der Waals surface area contributed by atoms with Crippen LogP contribution in [0.2, 0.25) is 0 Å². The molecule has 0 aliphatic heterocycles. The van der Waals surface area contributed by atoms with Gasteiger partial charge < -0.3 is 4.74 Å². The fourth-order valence-corrected chi connectivity index (χ4v) is 4.07. The molecule has 146 valence electrons. The summed E-state index contributed by atoms with van der Waals surface area (Å²) in [6, 6.07) is 13.7. The number of benzene rings is 2. The quantitative estimate of drug-likeness (QED) is 0.191. The second-order valence-corrected chi connectivity index (χ2v) is 8.24. The minimum absolute atomic E-state index is 0.272. The van der Waals surface area contributed by atoms with Crippen LogP contribution in [0.3, 0.4) is 0 Å². The standard InChI is InChI=1S/C20H12Br3N3O3/c21-14-8-13(11-25-26-19(27)12-4-3-7-24-10-12)18(17(23)9-14)29-20(28)15-5-1-2-6-16(15)22/h1-11H,(H,26,27)/b25-11+. The van der Waals surface area contributed by atoms with Crippen LogP contribution >= 0.6 is 47.8 Å². The smallest absolute Gasteiger partial charge is 0.344 e. The Bertz CT molecular complexity index is 1090. The molecule has 1 heterocycles. The second-order valence-electron chi connectivity index (χ2n) is 5.62. The predicted molar refractivity (Wildman–Crippen MR) is 120 cm³/mol. The van der Waals surface area contributed by atoms with Gasteiger partial charge in [-0.3, -0.25) is 9.78 Å². The molecule has 9 heteroatoms. The fraction of sp³-hybridized carbons (Fsp3) is 0. The number of nitrogens with zero attached hydrogens (tertiary/aromatic N) is 2. The molecule has 0 spiro atoms. The van der Waals surface area contributed by atoms with Crippen LogP contribution in [0, 0.1) is 0 Å². The van der Waals surface area contributed by atoms with Gasteiger partial charge in [-0.25, -0.2) is 10.2 Å². The molecule has 0 aliphatic carbocycles. The van der Waals surface area contributed by atoms with E-state index in [0.717, 1.165) is 4.47 Å². The lowest BCUT2D eigenvalue weighted by Crippen LogP contribution is -2.18. The third kappa shape index (κ3) is 5.59. The molecule has 1 N–H and O–H groups in total. The molecule has 1 amide bonds. The topological polar surface area (TPSA) is 80.6 Å². The lowest BCUT2D eigenvalue weighted by atomic mass is 10.2. The summed E-state index contributed by atoms with van der Waals surface area (Å²) in [4.78, 5) is 28.6. The molecule has 0 saturated carbocycles. The third-order valence-electron chi connectivity index (χ3n) is 3.62.